The summed E-state index contributed by atoms with van der Waals surface area (Å²) in [5.41, 5.74) is 5.30. The minimum Gasteiger partial charge on any atom is -0.462 e. The average Bonchev–Trinajstić information content (AvgIpc) is 3.58. The number of aliphatic hydroxyl groups excluding tert-OH is 1. The molecule has 49 heavy (non-hydrogen) atoms. The first-order chi connectivity index (χ1) is 22.7. The number of allylic oxidation sites excluding steroid dienone is 14. The van der Waals surface area contributed by atoms with Crippen LogP contribution in [-0.2, 0) is 19.1 Å². The number of carbonyl (C=O) groups excluding carboxylic acids is 2. The van der Waals surface area contributed by atoms with Gasteiger partial charge in [-0.05, 0) is 77.0 Å². The molecule has 0 aromatic rings. The molecule has 6 heteroatoms. The van der Waals surface area contributed by atoms with E-state index in [0.717, 1.165) is 22.3 Å². The Morgan fingerprint density at radius 1 is 0.837 bits per heavy atom. The van der Waals surface area contributed by atoms with Crippen LogP contribution in [0.4, 0.5) is 0 Å². The Balaban J connectivity index is 1.53. The van der Waals surface area contributed by atoms with E-state index < -0.39 is 22.9 Å². The largest absolute Gasteiger partial charge is 0.462 e. The molecular formula is C43H60O6. The van der Waals surface area contributed by atoms with Gasteiger partial charge in [-0.15, -0.1) is 5.73 Å². The molecule has 1 heterocycles. The van der Waals surface area contributed by atoms with Gasteiger partial charge in [0.2, 0.25) is 0 Å². The first-order valence-electron chi connectivity index (χ1n) is 17.7. The Morgan fingerprint density at radius 2 is 1.41 bits per heavy atom. The third-order valence-electron chi connectivity index (χ3n) is 10.4. The number of epoxide rings is 1. The van der Waals surface area contributed by atoms with Gasteiger partial charge in [-0.25, -0.2) is 0 Å². The van der Waals surface area contributed by atoms with Crippen molar-refractivity contribution >= 4 is 11.8 Å². The van der Waals surface area contributed by atoms with Crippen LogP contribution in [0.15, 0.2) is 100 Å². The topological polar surface area (TPSA) is 96.4 Å². The first-order valence-corrected chi connectivity index (χ1v) is 17.7. The molecule has 0 radical (unpaired) electrons. The van der Waals surface area contributed by atoms with Gasteiger partial charge in [0, 0.05) is 36.7 Å². The SMILES string of the molecule is CCC(=O)O[C@H]1CC(C)(C)[C@]2(CC(=O)/C(C)=C/C=C/C(C)=C/C=C/C=C(C)/C=C/C=C(\C)C=C=C3C(C)(C)C[C@H](O)C[C@@]3(C)O)O[C@]2(C)C1. The monoisotopic (exact) mass is 672 g/mol. The summed E-state index contributed by atoms with van der Waals surface area (Å²) in [6.45, 7) is 21.8. The predicted octanol–water partition coefficient (Wildman–Crippen LogP) is 9.08. The molecule has 0 spiro atoms. The van der Waals surface area contributed by atoms with E-state index in [1.54, 1.807) is 13.8 Å². The fourth-order valence-electron chi connectivity index (χ4n) is 7.79. The summed E-state index contributed by atoms with van der Waals surface area (Å²) < 4.78 is 12.0. The van der Waals surface area contributed by atoms with Crippen LogP contribution in [0.5, 0.6) is 0 Å². The predicted molar refractivity (Wildman–Crippen MR) is 199 cm³/mol. The van der Waals surface area contributed by atoms with Gasteiger partial charge in [0.25, 0.3) is 0 Å². The van der Waals surface area contributed by atoms with E-state index in [0.29, 0.717) is 44.1 Å². The molecule has 0 aromatic heterocycles. The number of ether oxygens (including phenoxy) is 2. The van der Waals surface area contributed by atoms with Crippen molar-refractivity contribution in [3.63, 3.8) is 0 Å². The standard InChI is InChI=1S/C43H60O6/c1-12-38(46)48-35-27-40(8,9)43(42(11,28-35)49-43)29-36(45)33(5)22-16-21-31(3)18-14-13-17-30(2)19-15-20-32(4)23-24-37-39(6,7)25-34(44)26-41(37,10)47/h13-23,34-35,44,47H,12,25-29H2,1-11H3/b14-13+,19-15+,21-16+,30-17+,31-18+,32-20+,33-22+/t24?,34-,35-,41+,42+,43-/m0/s1. The smallest absolute Gasteiger partial charge is 0.305 e. The Bertz CT molecular complexity index is 1530. The molecule has 3 aliphatic rings. The van der Waals surface area contributed by atoms with E-state index in [2.05, 4.69) is 19.6 Å². The number of carbonyl (C=O) groups is 2. The van der Waals surface area contributed by atoms with Gasteiger partial charge in [-0.2, -0.15) is 0 Å². The number of ketones is 1. The minimum absolute atomic E-state index is 0.0702. The van der Waals surface area contributed by atoms with Crippen molar-refractivity contribution in [2.45, 2.75) is 144 Å². The fourth-order valence-corrected chi connectivity index (χ4v) is 7.79. The maximum Gasteiger partial charge on any atom is 0.305 e. The summed E-state index contributed by atoms with van der Waals surface area (Å²) in [6, 6.07) is 0. The molecule has 0 bridgehead atoms. The van der Waals surface area contributed by atoms with E-state index in [1.165, 1.54) is 0 Å². The van der Waals surface area contributed by atoms with Gasteiger partial charge in [-0.3, -0.25) is 9.59 Å². The summed E-state index contributed by atoms with van der Waals surface area (Å²) in [7, 11) is 0. The first kappa shape index (κ1) is 40.2. The van der Waals surface area contributed by atoms with E-state index in [4.69, 9.17) is 9.47 Å². The second-order valence-electron chi connectivity index (χ2n) is 16.1. The Labute approximate surface area is 295 Å². The molecule has 3 rings (SSSR count). The lowest BCUT2D eigenvalue weighted by molar-refractivity contribution is -0.153. The number of hydrogen-bond acceptors (Lipinski definition) is 6. The van der Waals surface area contributed by atoms with Gasteiger partial charge >= 0.3 is 5.97 Å². The molecule has 2 saturated carbocycles. The molecule has 3 fully saturated rings. The number of Topliss-reactive ketones (excluding diaryl/α,β-unsaturated/α-hetero) is 1. The summed E-state index contributed by atoms with van der Waals surface area (Å²) in [5, 5.41) is 21.0. The van der Waals surface area contributed by atoms with E-state index in [9.17, 15) is 19.8 Å². The maximum absolute atomic E-state index is 13.3. The van der Waals surface area contributed by atoms with Gasteiger partial charge < -0.3 is 19.7 Å². The normalized spacial score (nSPS) is 32.0. The molecule has 0 aromatic carbocycles. The zero-order valence-corrected chi connectivity index (χ0v) is 31.8. The van der Waals surface area contributed by atoms with E-state index >= 15 is 0 Å². The van der Waals surface area contributed by atoms with Crippen LogP contribution in [0.2, 0.25) is 0 Å². The number of fused-ring (bicyclic) bond motifs is 1. The second kappa shape index (κ2) is 15.7. The van der Waals surface area contributed by atoms with Crippen LogP contribution in [-0.4, -0.2) is 51.0 Å². The highest BCUT2D eigenvalue weighted by Gasteiger charge is 2.76. The quantitative estimate of drug-likeness (QED) is 0.0706. The molecule has 1 aliphatic heterocycles. The van der Waals surface area contributed by atoms with Crippen LogP contribution < -0.4 is 0 Å². The lowest BCUT2D eigenvalue weighted by Gasteiger charge is -2.43. The van der Waals surface area contributed by atoms with E-state index in [1.807, 2.05) is 115 Å². The Kier molecular flexibility index (Phi) is 12.9. The number of aliphatic hydroxyl groups is 2. The summed E-state index contributed by atoms with van der Waals surface area (Å²) in [5.74, 6) is -0.124. The van der Waals surface area contributed by atoms with Crippen molar-refractivity contribution in [3.05, 3.63) is 100 Å². The molecule has 5 atom stereocenters. The van der Waals surface area contributed by atoms with Crippen molar-refractivity contribution in [2.24, 2.45) is 10.8 Å². The third kappa shape index (κ3) is 10.1. The third-order valence-corrected chi connectivity index (χ3v) is 10.4. The van der Waals surface area contributed by atoms with Crippen molar-refractivity contribution in [2.75, 3.05) is 0 Å². The highest BCUT2D eigenvalue weighted by Crippen LogP contribution is 2.67. The molecule has 6 nitrogen and oxygen atoms in total. The zero-order chi connectivity index (χ0) is 36.8. The molecule has 1 saturated heterocycles. The number of hydrogen-bond donors (Lipinski definition) is 2. The van der Waals surface area contributed by atoms with Crippen molar-refractivity contribution in [1.29, 1.82) is 0 Å². The average molecular weight is 673 g/mol. The Morgan fingerprint density at radius 3 is 1.96 bits per heavy atom. The van der Waals surface area contributed by atoms with Crippen LogP contribution >= 0.6 is 0 Å². The second-order valence-corrected chi connectivity index (χ2v) is 16.1. The van der Waals surface area contributed by atoms with Crippen molar-refractivity contribution in [1.82, 2.24) is 0 Å². The zero-order valence-electron chi connectivity index (χ0n) is 31.8. The molecule has 268 valence electrons. The van der Waals surface area contributed by atoms with E-state index in [-0.39, 0.29) is 28.7 Å². The Hall–Kier alpha value is -3.28. The van der Waals surface area contributed by atoms with Crippen molar-refractivity contribution < 1.29 is 29.3 Å². The molecule has 2 N–H and O–H groups in total. The highest BCUT2D eigenvalue weighted by atomic mass is 16.6. The van der Waals surface area contributed by atoms with Crippen LogP contribution in [0.25, 0.3) is 0 Å². The number of rotatable bonds is 12. The molecule has 0 amide bonds. The lowest BCUT2D eigenvalue weighted by Crippen LogP contribution is -2.49. The van der Waals surface area contributed by atoms with Crippen LogP contribution in [0, 0.1) is 10.8 Å². The fraction of sp³-hybridized carbons (Fsp3) is 0.558. The summed E-state index contributed by atoms with van der Waals surface area (Å²) >= 11 is 0. The van der Waals surface area contributed by atoms with Gasteiger partial charge in [0.1, 0.15) is 11.7 Å². The van der Waals surface area contributed by atoms with Crippen LogP contribution in [0.1, 0.15) is 115 Å². The summed E-state index contributed by atoms with van der Waals surface area (Å²) in [4.78, 5) is 25.2. The molecular weight excluding hydrogens is 612 g/mol. The molecule has 2 aliphatic carbocycles. The van der Waals surface area contributed by atoms with Gasteiger partial charge in [-0.1, -0.05) is 107 Å². The number of esters is 1. The highest BCUT2D eigenvalue weighted by molar-refractivity contribution is 5.96. The van der Waals surface area contributed by atoms with Gasteiger partial charge in [0.05, 0.1) is 17.3 Å². The molecule has 0 unspecified atom stereocenters. The van der Waals surface area contributed by atoms with Crippen molar-refractivity contribution in [3.8, 4) is 0 Å². The maximum atomic E-state index is 13.3. The lowest BCUT2D eigenvalue weighted by atomic mass is 9.61. The van der Waals surface area contributed by atoms with Crippen LogP contribution in [0.3, 0.4) is 0 Å². The minimum atomic E-state index is -1.07. The summed E-state index contributed by atoms with van der Waals surface area (Å²) in [6.07, 6.45) is 24.0. The van der Waals surface area contributed by atoms with Gasteiger partial charge in [0.15, 0.2) is 5.78 Å².